The fourth-order valence-electron chi connectivity index (χ4n) is 4.55. The highest BCUT2D eigenvalue weighted by Gasteiger charge is 2.48. The van der Waals surface area contributed by atoms with Gasteiger partial charge in [0.05, 0.1) is 18.8 Å². The third-order valence-corrected chi connectivity index (χ3v) is 7.26. The van der Waals surface area contributed by atoms with Gasteiger partial charge in [-0.1, -0.05) is 31.2 Å². The van der Waals surface area contributed by atoms with Crippen molar-refractivity contribution < 1.29 is 17.9 Å². The number of carbonyl (C=O) groups excluding carboxylic acids is 1. The number of hydrogen-bond acceptors (Lipinski definition) is 4. The Labute approximate surface area is 150 Å². The average molecular weight is 365 g/mol. The summed E-state index contributed by atoms with van der Waals surface area (Å²) in [6, 6.07) is 8.34. The van der Waals surface area contributed by atoms with Gasteiger partial charge in [-0.2, -0.15) is 0 Å². The summed E-state index contributed by atoms with van der Waals surface area (Å²) in [6.07, 6.45) is 3.79. The Balaban J connectivity index is 1.88. The molecule has 1 aliphatic heterocycles. The van der Waals surface area contributed by atoms with Crippen LogP contribution < -0.4 is 0 Å². The van der Waals surface area contributed by atoms with Crippen LogP contribution in [0.5, 0.6) is 0 Å². The molecule has 1 aromatic rings. The molecule has 3 rings (SSSR count). The Morgan fingerprint density at radius 1 is 1.32 bits per heavy atom. The Morgan fingerprint density at radius 2 is 1.96 bits per heavy atom. The second-order valence-electron chi connectivity index (χ2n) is 7.38. The molecule has 138 valence electrons. The molecule has 0 N–H and O–H groups in total. The van der Waals surface area contributed by atoms with Crippen LogP contribution in [-0.4, -0.2) is 44.6 Å². The first-order valence-electron chi connectivity index (χ1n) is 8.99. The zero-order chi connectivity index (χ0) is 18.2. The number of rotatable bonds is 4. The van der Waals surface area contributed by atoms with E-state index in [2.05, 4.69) is 12.1 Å². The van der Waals surface area contributed by atoms with Crippen LogP contribution in [0.4, 0.5) is 0 Å². The van der Waals surface area contributed by atoms with Crippen LogP contribution in [0.25, 0.3) is 0 Å². The van der Waals surface area contributed by atoms with E-state index in [0.717, 1.165) is 19.3 Å². The Bertz CT molecular complexity index is 750. The van der Waals surface area contributed by atoms with E-state index in [1.165, 1.54) is 17.4 Å². The van der Waals surface area contributed by atoms with Gasteiger partial charge in [-0.05, 0) is 48.6 Å². The zero-order valence-electron chi connectivity index (χ0n) is 15.2. The minimum absolute atomic E-state index is 0.0246. The lowest BCUT2D eigenvalue weighted by Crippen LogP contribution is -2.44. The van der Waals surface area contributed by atoms with E-state index in [9.17, 15) is 13.2 Å². The van der Waals surface area contributed by atoms with E-state index >= 15 is 0 Å². The molecule has 1 aliphatic carbocycles. The van der Waals surface area contributed by atoms with E-state index < -0.39 is 10.0 Å². The lowest BCUT2D eigenvalue weighted by atomic mass is 9.73. The van der Waals surface area contributed by atoms with Crippen LogP contribution in [0.15, 0.2) is 24.3 Å². The second kappa shape index (κ2) is 6.72. The highest BCUT2D eigenvalue weighted by Crippen LogP contribution is 2.54. The molecule has 2 unspecified atom stereocenters. The van der Waals surface area contributed by atoms with Crippen LogP contribution in [0.3, 0.4) is 0 Å². The first-order chi connectivity index (χ1) is 11.8. The lowest BCUT2D eigenvalue weighted by molar-refractivity contribution is -0.148. The number of esters is 1. The SMILES string of the molecule is CCOC(=O)C(C)C1CC2(CCN(S(C)(=O)=O)CC2)c2ccccc21. The van der Waals surface area contributed by atoms with Crippen molar-refractivity contribution in [3.8, 4) is 0 Å². The Hall–Kier alpha value is -1.40. The van der Waals surface area contributed by atoms with E-state index in [4.69, 9.17) is 4.74 Å². The fourth-order valence-corrected chi connectivity index (χ4v) is 5.39. The number of ether oxygens (including phenoxy) is 1. The van der Waals surface area contributed by atoms with Gasteiger partial charge in [0.2, 0.25) is 10.0 Å². The number of fused-ring (bicyclic) bond motifs is 2. The van der Waals surface area contributed by atoms with Gasteiger partial charge in [-0.3, -0.25) is 4.79 Å². The lowest BCUT2D eigenvalue weighted by Gasteiger charge is -2.39. The summed E-state index contributed by atoms with van der Waals surface area (Å²) in [5.41, 5.74) is 2.50. The third kappa shape index (κ3) is 3.34. The van der Waals surface area contributed by atoms with Gasteiger partial charge in [0.25, 0.3) is 0 Å². The van der Waals surface area contributed by atoms with Crippen molar-refractivity contribution in [3.63, 3.8) is 0 Å². The largest absolute Gasteiger partial charge is 0.466 e. The molecular formula is C19H27NO4S. The quantitative estimate of drug-likeness (QED) is 0.770. The molecule has 0 bridgehead atoms. The zero-order valence-corrected chi connectivity index (χ0v) is 16.0. The summed E-state index contributed by atoms with van der Waals surface area (Å²) in [6.45, 7) is 5.27. The molecule has 6 heteroatoms. The predicted octanol–water partition coefficient (Wildman–Crippen LogP) is 2.67. The van der Waals surface area contributed by atoms with Crippen LogP contribution in [0, 0.1) is 5.92 Å². The smallest absolute Gasteiger partial charge is 0.309 e. The van der Waals surface area contributed by atoms with Crippen LogP contribution >= 0.6 is 0 Å². The van der Waals surface area contributed by atoms with Crippen molar-refractivity contribution in [2.75, 3.05) is 26.0 Å². The number of sulfonamides is 1. The maximum absolute atomic E-state index is 12.3. The molecule has 2 aliphatic rings. The molecule has 1 fully saturated rings. The van der Waals surface area contributed by atoms with Gasteiger partial charge in [0.1, 0.15) is 0 Å². The van der Waals surface area contributed by atoms with Gasteiger partial charge in [0, 0.05) is 13.1 Å². The van der Waals surface area contributed by atoms with Crippen molar-refractivity contribution in [3.05, 3.63) is 35.4 Å². The number of carbonyl (C=O) groups is 1. The van der Waals surface area contributed by atoms with Gasteiger partial charge in [-0.25, -0.2) is 12.7 Å². The predicted molar refractivity (Wildman–Crippen MR) is 96.9 cm³/mol. The standard InChI is InChI=1S/C19H27NO4S/c1-4-24-18(21)14(2)16-13-19(17-8-6-5-7-15(16)17)9-11-20(12-10-19)25(3,22)23/h5-8,14,16H,4,9-13H2,1-3H3. The maximum Gasteiger partial charge on any atom is 0.309 e. The number of nitrogens with zero attached hydrogens (tertiary/aromatic N) is 1. The monoisotopic (exact) mass is 365 g/mol. The van der Waals surface area contributed by atoms with Gasteiger partial charge < -0.3 is 4.74 Å². The normalized spacial score (nSPS) is 24.0. The van der Waals surface area contributed by atoms with Crippen molar-refractivity contribution in [1.29, 1.82) is 0 Å². The highest BCUT2D eigenvalue weighted by molar-refractivity contribution is 7.88. The minimum Gasteiger partial charge on any atom is -0.466 e. The Kier molecular flexibility index (Phi) is 4.95. The number of piperidine rings is 1. The van der Waals surface area contributed by atoms with Crippen LogP contribution in [0.2, 0.25) is 0 Å². The van der Waals surface area contributed by atoms with E-state index in [1.54, 1.807) is 4.31 Å². The number of benzene rings is 1. The molecule has 0 radical (unpaired) electrons. The summed E-state index contributed by atoms with van der Waals surface area (Å²) in [4.78, 5) is 12.3. The Morgan fingerprint density at radius 3 is 2.56 bits per heavy atom. The first-order valence-corrected chi connectivity index (χ1v) is 10.8. The van der Waals surface area contributed by atoms with Gasteiger partial charge >= 0.3 is 5.97 Å². The summed E-state index contributed by atoms with van der Waals surface area (Å²) < 4.78 is 30.5. The molecule has 25 heavy (non-hydrogen) atoms. The van der Waals surface area contributed by atoms with Crippen molar-refractivity contribution in [2.45, 2.75) is 44.4 Å². The summed E-state index contributed by atoms with van der Waals surface area (Å²) in [5.74, 6) is -0.193. The first kappa shape index (κ1) is 18.4. The highest BCUT2D eigenvalue weighted by atomic mass is 32.2. The molecule has 5 nitrogen and oxygen atoms in total. The molecule has 1 saturated heterocycles. The molecule has 0 amide bonds. The molecule has 0 aromatic heterocycles. The summed E-state index contributed by atoms with van der Waals surface area (Å²) >= 11 is 0. The molecule has 1 heterocycles. The van der Waals surface area contributed by atoms with E-state index in [-0.39, 0.29) is 23.2 Å². The fraction of sp³-hybridized carbons (Fsp3) is 0.632. The molecular weight excluding hydrogens is 338 g/mol. The second-order valence-corrected chi connectivity index (χ2v) is 9.36. The van der Waals surface area contributed by atoms with Crippen LogP contribution in [-0.2, 0) is 25.0 Å². The number of hydrogen-bond donors (Lipinski definition) is 0. The van der Waals surface area contributed by atoms with Gasteiger partial charge in [-0.15, -0.1) is 0 Å². The molecule has 2 atom stereocenters. The van der Waals surface area contributed by atoms with Crippen molar-refractivity contribution >= 4 is 16.0 Å². The van der Waals surface area contributed by atoms with E-state index in [0.29, 0.717) is 19.7 Å². The maximum atomic E-state index is 12.3. The minimum atomic E-state index is -3.14. The van der Waals surface area contributed by atoms with Crippen molar-refractivity contribution in [2.24, 2.45) is 5.92 Å². The van der Waals surface area contributed by atoms with Gasteiger partial charge in [0.15, 0.2) is 0 Å². The molecule has 0 saturated carbocycles. The third-order valence-electron chi connectivity index (χ3n) is 5.95. The molecule has 1 spiro atoms. The molecule has 1 aromatic carbocycles. The summed E-state index contributed by atoms with van der Waals surface area (Å²) in [7, 11) is -3.14. The summed E-state index contributed by atoms with van der Waals surface area (Å²) in [5, 5.41) is 0. The topological polar surface area (TPSA) is 63.7 Å². The average Bonchev–Trinajstić information content (AvgIpc) is 2.89. The van der Waals surface area contributed by atoms with Crippen molar-refractivity contribution in [1.82, 2.24) is 4.31 Å². The van der Waals surface area contributed by atoms with Crippen LogP contribution in [0.1, 0.15) is 50.2 Å². The van der Waals surface area contributed by atoms with E-state index in [1.807, 2.05) is 26.0 Å².